The Morgan fingerprint density at radius 1 is 0.155 bits per heavy atom. The lowest BCUT2D eigenvalue weighted by Crippen LogP contribution is -1.96. The van der Waals surface area contributed by atoms with E-state index in [1.807, 2.05) is 18.2 Å². The van der Waals surface area contributed by atoms with E-state index in [4.69, 9.17) is 8.83 Å². The van der Waals surface area contributed by atoms with Crippen molar-refractivity contribution in [1.29, 1.82) is 0 Å². The lowest BCUT2D eigenvalue weighted by atomic mass is 9.96. The monoisotopic (exact) mass is 1400 g/mol. The molecule has 0 aliphatic carbocycles. The van der Waals surface area contributed by atoms with Crippen LogP contribution in [0.3, 0.4) is 0 Å². The highest BCUT2D eigenvalue weighted by atomic mass is 16.3. The van der Waals surface area contributed by atoms with Gasteiger partial charge in [0.1, 0.15) is 22.3 Å². The zero-order valence-corrected chi connectivity index (χ0v) is 59.6. The fraction of sp³-hybridized carbons (Fsp3) is 0. The van der Waals surface area contributed by atoms with Crippen LogP contribution in [0.1, 0.15) is 0 Å². The van der Waals surface area contributed by atoms with Gasteiger partial charge in [-0.2, -0.15) is 0 Å². The third-order valence-corrected chi connectivity index (χ3v) is 23.0. The van der Waals surface area contributed by atoms with Gasteiger partial charge in [0.25, 0.3) is 0 Å². The zero-order chi connectivity index (χ0) is 72.1. The maximum Gasteiger partial charge on any atom is 0.143 e. The summed E-state index contributed by atoms with van der Waals surface area (Å²) in [6.07, 6.45) is 0. The first-order chi connectivity index (χ1) is 54.6. The number of fused-ring (bicyclic) bond motifs is 20. The standard InChI is InChI=1S/2C52H32N2O/c1-2-13-35(14-3-1)53-46-23-7-4-15-39(46)44-31-33(27-29-49(44)53)34-28-30-50-45(32-34)40-16-5-8-24-47(40)54(50)48-25-12-19-36-37(18-10-20-38(36)48)42-21-11-22-43-41-17-6-9-26-51(41)55-52(42)43;1-2-12-36(13-3-1)53-46-20-7-4-14-40(46)44-30-33(25-28-49(44)53)34-26-29-50-45(31-34)41-15-5-8-21-47(41)54(50)48-22-11-18-38-37(17-10-19-39(38)48)35-24-27-43-42-16-6-9-23-51(42)55-52(43)32-35/h2*1-32H. The topological polar surface area (TPSA) is 46.0 Å². The second-order valence-corrected chi connectivity index (χ2v) is 29.0. The zero-order valence-electron chi connectivity index (χ0n) is 59.6. The Kier molecular flexibility index (Phi) is 13.7. The quantitative estimate of drug-likeness (QED) is 0.152. The number of furan rings is 2. The van der Waals surface area contributed by atoms with Crippen molar-refractivity contribution >= 4 is 153 Å². The third kappa shape index (κ3) is 9.43. The van der Waals surface area contributed by atoms with Gasteiger partial charge in [-0.3, -0.25) is 0 Å². The van der Waals surface area contributed by atoms with Gasteiger partial charge in [-0.05, 0) is 183 Å². The number of hydrogen-bond donors (Lipinski definition) is 0. The second-order valence-electron chi connectivity index (χ2n) is 29.0. The van der Waals surface area contributed by atoms with Gasteiger partial charge in [-0.1, -0.05) is 255 Å². The molecule has 6 aromatic heterocycles. The lowest BCUT2D eigenvalue weighted by Gasteiger charge is -2.14. The van der Waals surface area contributed by atoms with Crippen LogP contribution >= 0.6 is 0 Å². The maximum absolute atomic E-state index is 6.51. The Balaban J connectivity index is 0.000000132. The molecule has 0 atom stereocenters. The first-order valence-electron chi connectivity index (χ1n) is 37.7. The first kappa shape index (κ1) is 61.6. The molecule has 0 aliphatic heterocycles. The van der Waals surface area contributed by atoms with Crippen molar-refractivity contribution in [2.24, 2.45) is 0 Å². The van der Waals surface area contributed by atoms with Crippen LogP contribution in [0, 0.1) is 0 Å². The van der Waals surface area contributed by atoms with Crippen LogP contribution in [0.15, 0.2) is 397 Å². The molecule has 0 radical (unpaired) electrons. The van der Waals surface area contributed by atoms with Crippen LogP contribution in [-0.4, -0.2) is 18.3 Å². The average Bonchev–Trinajstić information content (AvgIpc) is 1.57. The number of hydrogen-bond acceptors (Lipinski definition) is 2. The molecule has 0 unspecified atom stereocenters. The highest BCUT2D eigenvalue weighted by molar-refractivity contribution is 6.19. The summed E-state index contributed by atoms with van der Waals surface area (Å²) in [6.45, 7) is 0. The molecule has 0 N–H and O–H groups in total. The van der Waals surface area contributed by atoms with E-state index in [0.29, 0.717) is 0 Å². The summed E-state index contributed by atoms with van der Waals surface area (Å²) in [6, 6.07) is 141. The summed E-state index contributed by atoms with van der Waals surface area (Å²) in [5.41, 5.74) is 27.3. The van der Waals surface area contributed by atoms with Crippen molar-refractivity contribution in [3.05, 3.63) is 388 Å². The van der Waals surface area contributed by atoms with Gasteiger partial charge in [0.05, 0.1) is 55.5 Å². The van der Waals surface area contributed by atoms with Gasteiger partial charge in [-0.15, -0.1) is 0 Å². The minimum Gasteiger partial charge on any atom is -0.456 e. The molecule has 6 nitrogen and oxygen atoms in total. The van der Waals surface area contributed by atoms with Crippen LogP contribution in [0.25, 0.3) is 220 Å². The molecule has 512 valence electrons. The minimum atomic E-state index is 0.908. The molecule has 0 aliphatic rings. The van der Waals surface area contributed by atoms with Crippen molar-refractivity contribution in [2.45, 2.75) is 0 Å². The Labute approximate surface area is 631 Å². The molecule has 0 saturated carbocycles. The fourth-order valence-electron chi connectivity index (χ4n) is 18.2. The summed E-state index contributed by atoms with van der Waals surface area (Å²) >= 11 is 0. The summed E-state index contributed by atoms with van der Waals surface area (Å²) in [4.78, 5) is 0. The molecule has 18 aromatic carbocycles. The largest absolute Gasteiger partial charge is 0.456 e. The normalized spacial score (nSPS) is 12.0. The van der Waals surface area contributed by atoms with E-state index in [1.54, 1.807) is 0 Å². The molecule has 0 spiro atoms. The van der Waals surface area contributed by atoms with E-state index < -0.39 is 0 Å². The lowest BCUT2D eigenvalue weighted by molar-refractivity contribution is 0.669. The Morgan fingerprint density at radius 2 is 0.473 bits per heavy atom. The molecule has 0 bridgehead atoms. The van der Waals surface area contributed by atoms with E-state index in [1.165, 1.54) is 154 Å². The van der Waals surface area contributed by atoms with Crippen molar-refractivity contribution in [3.8, 4) is 67.3 Å². The van der Waals surface area contributed by atoms with E-state index in [0.717, 1.165) is 66.3 Å². The Hall–Kier alpha value is -14.7. The molecular formula is C104H64N4O2. The highest BCUT2D eigenvalue weighted by Gasteiger charge is 2.23. The molecule has 6 heteroatoms. The summed E-state index contributed by atoms with van der Waals surface area (Å²) < 4.78 is 22.4. The molecule has 110 heavy (non-hydrogen) atoms. The fourth-order valence-corrected chi connectivity index (χ4v) is 18.2. The second kappa shape index (κ2) is 24.4. The molecule has 0 amide bonds. The third-order valence-electron chi connectivity index (χ3n) is 23.0. The smallest absolute Gasteiger partial charge is 0.143 e. The molecule has 0 saturated heterocycles. The Bertz CT molecular complexity index is 7910. The highest BCUT2D eigenvalue weighted by Crippen LogP contribution is 2.46. The van der Waals surface area contributed by atoms with Crippen LogP contribution in [0.2, 0.25) is 0 Å². The van der Waals surface area contributed by atoms with E-state index in [9.17, 15) is 0 Å². The van der Waals surface area contributed by atoms with Gasteiger partial charge in [-0.25, -0.2) is 0 Å². The van der Waals surface area contributed by atoms with Gasteiger partial charge in [0.2, 0.25) is 0 Å². The van der Waals surface area contributed by atoms with Crippen LogP contribution in [0.5, 0.6) is 0 Å². The average molecular weight is 1400 g/mol. The van der Waals surface area contributed by atoms with Gasteiger partial charge >= 0.3 is 0 Å². The molecule has 24 rings (SSSR count). The van der Waals surface area contributed by atoms with Crippen molar-refractivity contribution in [1.82, 2.24) is 18.3 Å². The predicted octanol–water partition coefficient (Wildman–Crippen LogP) is 28.5. The predicted molar refractivity (Wildman–Crippen MR) is 462 cm³/mol. The van der Waals surface area contributed by atoms with Crippen LogP contribution in [0.4, 0.5) is 0 Å². The van der Waals surface area contributed by atoms with Gasteiger partial charge in [0.15, 0.2) is 0 Å². The van der Waals surface area contributed by atoms with Crippen LogP contribution < -0.4 is 0 Å². The summed E-state index contributed by atoms with van der Waals surface area (Å²) in [7, 11) is 0. The van der Waals surface area contributed by atoms with E-state index in [2.05, 4.69) is 388 Å². The van der Waals surface area contributed by atoms with Crippen LogP contribution in [-0.2, 0) is 0 Å². The number of nitrogens with zero attached hydrogens (tertiary/aromatic N) is 4. The molecule has 24 aromatic rings. The molecule has 0 fully saturated rings. The summed E-state index contributed by atoms with van der Waals surface area (Å²) in [5, 5.41) is 19.4. The first-order valence-corrected chi connectivity index (χ1v) is 37.7. The maximum atomic E-state index is 6.51. The number of aromatic nitrogens is 4. The molecule has 6 heterocycles. The van der Waals surface area contributed by atoms with Crippen molar-refractivity contribution < 1.29 is 8.83 Å². The Morgan fingerprint density at radius 3 is 0.955 bits per heavy atom. The van der Waals surface area contributed by atoms with Gasteiger partial charge in [0, 0.05) is 92.3 Å². The van der Waals surface area contributed by atoms with Crippen molar-refractivity contribution in [3.63, 3.8) is 0 Å². The van der Waals surface area contributed by atoms with E-state index >= 15 is 0 Å². The van der Waals surface area contributed by atoms with Gasteiger partial charge < -0.3 is 27.1 Å². The number of rotatable bonds is 8. The van der Waals surface area contributed by atoms with E-state index in [-0.39, 0.29) is 0 Å². The minimum absolute atomic E-state index is 0.908. The van der Waals surface area contributed by atoms with Crippen molar-refractivity contribution in [2.75, 3.05) is 0 Å². The number of benzene rings is 18. The summed E-state index contributed by atoms with van der Waals surface area (Å²) in [5.74, 6) is 0. The number of para-hydroxylation sites is 9. The molecular weight excluding hydrogens is 1340 g/mol. The SMILES string of the molecule is c1ccc(-n2c3ccccc3c3cc(-c4ccc5c(c4)c4ccccc4n5-c4cccc5c(-c6ccc7c(c6)oc6ccccc67)cccc45)ccc32)cc1.c1ccc(-n2c3ccccc3c3cc(-c4ccc5c(c4)c4ccccc4n5-c4cccc5c(-c6cccc7c6oc6ccccc67)cccc45)ccc32)cc1.